The number of rotatable bonds is 6. The minimum Gasteiger partial charge on any atom is -0.383 e. The molecular weight excluding hydrogens is 316 g/mol. The highest BCUT2D eigenvalue weighted by Gasteiger charge is 2.25. The molecule has 2 aromatic rings. The molecule has 4 nitrogen and oxygen atoms in total. The zero-order chi connectivity index (χ0) is 15.4. The van der Waals surface area contributed by atoms with Crippen molar-refractivity contribution in [2.75, 3.05) is 20.8 Å². The molecule has 1 aromatic heterocycles. The Bertz CT molecular complexity index is 598. The summed E-state index contributed by atoms with van der Waals surface area (Å²) in [7, 11) is 3.32. The molecule has 1 heterocycles. The number of hydrogen-bond donors (Lipinski definition) is 1. The molecule has 1 aromatic carbocycles. The molecule has 1 unspecified atom stereocenters. The van der Waals surface area contributed by atoms with Crippen LogP contribution >= 0.6 is 23.2 Å². The minimum absolute atomic E-state index is 0.338. The van der Waals surface area contributed by atoms with E-state index in [9.17, 15) is 4.39 Å². The van der Waals surface area contributed by atoms with Crippen molar-refractivity contribution in [3.8, 4) is 0 Å². The monoisotopic (exact) mass is 331 g/mol. The molecule has 0 spiro atoms. The predicted octanol–water partition coefficient (Wildman–Crippen LogP) is 3.28. The highest BCUT2D eigenvalue weighted by atomic mass is 35.5. The van der Waals surface area contributed by atoms with Crippen LogP contribution in [0.5, 0.6) is 0 Å². The molecule has 1 atom stereocenters. The fourth-order valence-electron chi connectivity index (χ4n) is 2.22. The maximum absolute atomic E-state index is 14.2. The summed E-state index contributed by atoms with van der Waals surface area (Å²) in [6, 6.07) is 4.09. The van der Waals surface area contributed by atoms with E-state index in [1.165, 1.54) is 12.3 Å². The first-order valence-corrected chi connectivity index (χ1v) is 7.17. The van der Waals surface area contributed by atoms with Gasteiger partial charge < -0.3 is 10.1 Å². The van der Waals surface area contributed by atoms with Gasteiger partial charge in [0.25, 0.3) is 0 Å². The lowest BCUT2D eigenvalue weighted by Crippen LogP contribution is -2.24. The number of halogens is 3. The van der Waals surface area contributed by atoms with E-state index < -0.39 is 11.9 Å². The first-order chi connectivity index (χ1) is 10.1. The summed E-state index contributed by atoms with van der Waals surface area (Å²) in [5.41, 5.74) is 1.01. The molecule has 0 radical (unpaired) electrons. The van der Waals surface area contributed by atoms with E-state index >= 15 is 0 Å². The Morgan fingerprint density at radius 1 is 1.38 bits per heavy atom. The lowest BCUT2D eigenvalue weighted by atomic mass is 10.0. The van der Waals surface area contributed by atoms with Crippen molar-refractivity contribution in [1.82, 2.24) is 15.1 Å². The third-order valence-electron chi connectivity index (χ3n) is 3.19. The van der Waals surface area contributed by atoms with E-state index in [0.717, 1.165) is 0 Å². The largest absolute Gasteiger partial charge is 0.383 e. The lowest BCUT2D eigenvalue weighted by Gasteiger charge is -2.20. The summed E-state index contributed by atoms with van der Waals surface area (Å²) < 4.78 is 20.9. The first-order valence-electron chi connectivity index (χ1n) is 6.41. The van der Waals surface area contributed by atoms with E-state index in [4.69, 9.17) is 27.9 Å². The number of hydrogen-bond acceptors (Lipinski definition) is 3. The maximum Gasteiger partial charge on any atom is 0.129 e. The molecule has 0 aliphatic carbocycles. The van der Waals surface area contributed by atoms with Crippen LogP contribution in [-0.4, -0.2) is 30.5 Å². The third-order valence-corrected chi connectivity index (χ3v) is 3.81. The van der Waals surface area contributed by atoms with Gasteiger partial charge in [0.1, 0.15) is 5.82 Å². The average Bonchev–Trinajstić information content (AvgIpc) is 2.82. The SMILES string of the molecule is CNC(c1c(F)cccc1Cl)c1c(Cl)cnn1CCOC. The molecule has 0 fully saturated rings. The number of benzene rings is 1. The molecule has 0 amide bonds. The van der Waals surface area contributed by atoms with Gasteiger partial charge in [-0.1, -0.05) is 29.3 Å². The predicted molar refractivity (Wildman–Crippen MR) is 81.4 cm³/mol. The van der Waals surface area contributed by atoms with Gasteiger partial charge >= 0.3 is 0 Å². The van der Waals surface area contributed by atoms with Gasteiger partial charge in [-0.25, -0.2) is 4.39 Å². The Kier molecular flexibility index (Phi) is 5.58. The molecule has 114 valence electrons. The Hall–Kier alpha value is -1.14. The van der Waals surface area contributed by atoms with E-state index in [0.29, 0.717) is 34.5 Å². The fraction of sp³-hybridized carbons (Fsp3) is 0.357. The van der Waals surface area contributed by atoms with Gasteiger partial charge in [0.2, 0.25) is 0 Å². The van der Waals surface area contributed by atoms with E-state index in [-0.39, 0.29) is 0 Å². The van der Waals surface area contributed by atoms with Crippen molar-refractivity contribution in [3.05, 3.63) is 51.5 Å². The quantitative estimate of drug-likeness (QED) is 0.882. The summed E-state index contributed by atoms with van der Waals surface area (Å²) in [4.78, 5) is 0. The first kappa shape index (κ1) is 16.2. The molecule has 0 aliphatic rings. The number of ether oxygens (including phenoxy) is 1. The van der Waals surface area contributed by atoms with Crippen molar-refractivity contribution < 1.29 is 9.13 Å². The molecule has 0 aliphatic heterocycles. The molecule has 0 bridgehead atoms. The van der Waals surface area contributed by atoms with Crippen LogP contribution in [0, 0.1) is 5.82 Å². The summed E-state index contributed by atoms with van der Waals surface area (Å²) >= 11 is 12.4. The van der Waals surface area contributed by atoms with Gasteiger partial charge in [-0.2, -0.15) is 5.10 Å². The van der Waals surface area contributed by atoms with Crippen LogP contribution in [0.4, 0.5) is 4.39 Å². The van der Waals surface area contributed by atoms with Crippen molar-refractivity contribution in [3.63, 3.8) is 0 Å². The van der Waals surface area contributed by atoms with E-state index in [1.807, 2.05) is 0 Å². The van der Waals surface area contributed by atoms with Crippen LogP contribution in [-0.2, 0) is 11.3 Å². The van der Waals surface area contributed by atoms with Gasteiger partial charge in [-0.3, -0.25) is 4.68 Å². The molecule has 0 saturated carbocycles. The van der Waals surface area contributed by atoms with Crippen molar-refractivity contribution in [2.45, 2.75) is 12.6 Å². The minimum atomic E-state index is -0.495. The molecule has 1 N–H and O–H groups in total. The molecule has 7 heteroatoms. The number of nitrogens with one attached hydrogen (secondary N) is 1. The van der Waals surface area contributed by atoms with Crippen LogP contribution in [0.2, 0.25) is 10.0 Å². The molecule has 2 rings (SSSR count). The van der Waals surface area contributed by atoms with Crippen LogP contribution in [0.3, 0.4) is 0 Å². The Morgan fingerprint density at radius 3 is 2.76 bits per heavy atom. The highest BCUT2D eigenvalue weighted by Crippen LogP contribution is 2.33. The van der Waals surface area contributed by atoms with Gasteiger partial charge in [0.05, 0.1) is 36.1 Å². The molecular formula is C14H16Cl2FN3O. The lowest BCUT2D eigenvalue weighted by molar-refractivity contribution is 0.182. The smallest absolute Gasteiger partial charge is 0.129 e. The Morgan fingerprint density at radius 2 is 2.14 bits per heavy atom. The van der Waals surface area contributed by atoms with Gasteiger partial charge in [0.15, 0.2) is 0 Å². The molecule has 21 heavy (non-hydrogen) atoms. The second-order valence-corrected chi connectivity index (χ2v) is 5.27. The summed E-state index contributed by atoms with van der Waals surface area (Å²) in [6.45, 7) is 0.995. The summed E-state index contributed by atoms with van der Waals surface area (Å²) in [5.74, 6) is -0.391. The zero-order valence-corrected chi connectivity index (χ0v) is 13.2. The normalized spacial score (nSPS) is 12.6. The number of aromatic nitrogens is 2. The standard InChI is InChI=1S/C14H16Cl2FN3O/c1-18-13(12-9(15)4-3-5-11(12)17)14-10(16)8-19-20(14)6-7-21-2/h3-5,8,13,18H,6-7H2,1-2H3. The second-order valence-electron chi connectivity index (χ2n) is 4.45. The van der Waals surface area contributed by atoms with Crippen LogP contribution in [0.1, 0.15) is 17.3 Å². The van der Waals surface area contributed by atoms with Gasteiger partial charge in [0, 0.05) is 17.7 Å². The van der Waals surface area contributed by atoms with Gasteiger partial charge in [-0.15, -0.1) is 0 Å². The maximum atomic E-state index is 14.2. The van der Waals surface area contributed by atoms with Crippen LogP contribution in [0.25, 0.3) is 0 Å². The van der Waals surface area contributed by atoms with Crippen molar-refractivity contribution in [1.29, 1.82) is 0 Å². The number of methoxy groups -OCH3 is 1. The topological polar surface area (TPSA) is 39.1 Å². The summed E-state index contributed by atoms with van der Waals surface area (Å²) in [5, 5.41) is 8.04. The molecule has 0 saturated heterocycles. The fourth-order valence-corrected chi connectivity index (χ4v) is 2.74. The third kappa shape index (κ3) is 3.37. The summed E-state index contributed by atoms with van der Waals surface area (Å²) in [6.07, 6.45) is 1.53. The highest BCUT2D eigenvalue weighted by molar-refractivity contribution is 6.32. The zero-order valence-electron chi connectivity index (χ0n) is 11.7. The Labute approximate surface area is 132 Å². The van der Waals surface area contributed by atoms with Crippen LogP contribution in [0.15, 0.2) is 24.4 Å². The average molecular weight is 332 g/mol. The van der Waals surface area contributed by atoms with Crippen molar-refractivity contribution in [2.24, 2.45) is 0 Å². The van der Waals surface area contributed by atoms with Crippen molar-refractivity contribution >= 4 is 23.2 Å². The van der Waals surface area contributed by atoms with E-state index in [2.05, 4.69) is 10.4 Å². The van der Waals surface area contributed by atoms with Crippen LogP contribution < -0.4 is 5.32 Å². The van der Waals surface area contributed by atoms with E-state index in [1.54, 1.807) is 31.0 Å². The number of nitrogens with zero attached hydrogens (tertiary/aromatic N) is 2. The Balaban J connectivity index is 2.49. The van der Waals surface area contributed by atoms with Gasteiger partial charge in [-0.05, 0) is 19.2 Å². The second kappa shape index (κ2) is 7.22.